The average molecular weight is 255 g/mol. The first-order valence-electron chi connectivity index (χ1n) is 6.51. The summed E-state index contributed by atoms with van der Waals surface area (Å²) in [7, 11) is 0. The lowest BCUT2D eigenvalue weighted by Gasteiger charge is -2.30. The summed E-state index contributed by atoms with van der Waals surface area (Å²) in [4.78, 5) is 24.5. The van der Waals surface area contributed by atoms with Gasteiger partial charge in [-0.2, -0.15) is 0 Å². The SMILES string of the molecule is CC(C)(C)OC(=O)N1CCC[C@@H]2C(CC(=O)O)[C@@H]21. The standard InChI is InChI=1S/C13H21NO4/c1-13(2,3)18-12(17)14-6-4-5-8-9(11(8)14)7-10(15)16/h8-9,11H,4-7H2,1-3H3,(H,15,16)/t8-,9?,11-/m1/s1. The van der Waals surface area contributed by atoms with Gasteiger partial charge in [-0.05, 0) is 45.4 Å². The minimum absolute atomic E-state index is 0.0877. The lowest BCUT2D eigenvalue weighted by atomic mass is 10.1. The van der Waals surface area contributed by atoms with Gasteiger partial charge in [0.25, 0.3) is 0 Å². The Bertz CT molecular complexity index is 360. The Kier molecular flexibility index (Phi) is 3.25. The van der Waals surface area contributed by atoms with Crippen molar-refractivity contribution in [3.8, 4) is 0 Å². The van der Waals surface area contributed by atoms with Crippen LogP contribution in [0.3, 0.4) is 0 Å². The number of carbonyl (C=O) groups is 2. The highest BCUT2D eigenvalue weighted by molar-refractivity contribution is 5.71. The summed E-state index contributed by atoms with van der Waals surface area (Å²) in [5.41, 5.74) is -0.499. The zero-order valence-corrected chi connectivity index (χ0v) is 11.2. The number of ether oxygens (including phenoxy) is 1. The van der Waals surface area contributed by atoms with Crippen LogP contribution in [0.2, 0.25) is 0 Å². The summed E-state index contributed by atoms with van der Waals surface area (Å²) in [6, 6.07) is 0.0877. The van der Waals surface area contributed by atoms with E-state index in [0.717, 1.165) is 12.8 Å². The Labute approximate surface area is 107 Å². The Morgan fingerprint density at radius 1 is 1.39 bits per heavy atom. The number of hydrogen-bond acceptors (Lipinski definition) is 3. The number of likely N-dealkylation sites (tertiary alicyclic amines) is 1. The number of piperidine rings is 1. The molecule has 1 saturated carbocycles. The number of carboxylic acids is 1. The molecule has 1 unspecified atom stereocenters. The molecule has 2 rings (SSSR count). The zero-order valence-electron chi connectivity index (χ0n) is 11.2. The fourth-order valence-corrected chi connectivity index (χ4v) is 2.93. The highest BCUT2D eigenvalue weighted by Crippen LogP contribution is 2.51. The molecule has 0 aromatic heterocycles. The van der Waals surface area contributed by atoms with E-state index in [2.05, 4.69) is 0 Å². The van der Waals surface area contributed by atoms with Crippen LogP contribution in [-0.4, -0.2) is 40.3 Å². The van der Waals surface area contributed by atoms with Crippen LogP contribution in [-0.2, 0) is 9.53 Å². The van der Waals surface area contributed by atoms with Gasteiger partial charge in [-0.25, -0.2) is 4.79 Å². The second-order valence-corrected chi connectivity index (χ2v) is 6.23. The molecule has 1 amide bonds. The molecule has 102 valence electrons. The monoisotopic (exact) mass is 255 g/mol. The van der Waals surface area contributed by atoms with E-state index in [1.54, 1.807) is 4.90 Å². The third-order valence-electron chi connectivity index (χ3n) is 3.62. The van der Waals surface area contributed by atoms with Crippen LogP contribution in [0.5, 0.6) is 0 Å². The molecule has 0 radical (unpaired) electrons. The summed E-state index contributed by atoms with van der Waals surface area (Å²) in [5, 5.41) is 8.85. The summed E-state index contributed by atoms with van der Waals surface area (Å²) in [6.45, 7) is 6.21. The van der Waals surface area contributed by atoms with Gasteiger partial charge in [0.2, 0.25) is 0 Å². The van der Waals surface area contributed by atoms with Crippen molar-refractivity contribution in [2.24, 2.45) is 11.8 Å². The Morgan fingerprint density at radius 3 is 2.61 bits per heavy atom. The molecule has 5 nitrogen and oxygen atoms in total. The quantitative estimate of drug-likeness (QED) is 0.820. The zero-order chi connectivity index (χ0) is 13.5. The molecule has 1 saturated heterocycles. The number of carbonyl (C=O) groups excluding carboxylic acids is 1. The van der Waals surface area contributed by atoms with E-state index < -0.39 is 11.6 Å². The van der Waals surface area contributed by atoms with Crippen LogP contribution in [0.25, 0.3) is 0 Å². The third-order valence-corrected chi connectivity index (χ3v) is 3.62. The number of aliphatic carboxylic acids is 1. The number of carboxylic acid groups (broad SMARTS) is 1. The number of fused-ring (bicyclic) bond motifs is 1. The fraction of sp³-hybridized carbons (Fsp3) is 0.846. The molecule has 0 aromatic carbocycles. The summed E-state index contributed by atoms with van der Waals surface area (Å²) in [6.07, 6.45) is 1.83. The second-order valence-electron chi connectivity index (χ2n) is 6.23. The van der Waals surface area contributed by atoms with Gasteiger partial charge in [-0.15, -0.1) is 0 Å². The van der Waals surface area contributed by atoms with Gasteiger partial charge in [0, 0.05) is 12.6 Å². The van der Waals surface area contributed by atoms with E-state index in [4.69, 9.17) is 9.84 Å². The van der Waals surface area contributed by atoms with Crippen LogP contribution in [0.15, 0.2) is 0 Å². The summed E-state index contributed by atoms with van der Waals surface area (Å²) < 4.78 is 5.37. The molecule has 1 aliphatic carbocycles. The van der Waals surface area contributed by atoms with Crippen LogP contribution >= 0.6 is 0 Å². The topological polar surface area (TPSA) is 66.8 Å². The van der Waals surface area contributed by atoms with Crippen molar-refractivity contribution in [2.45, 2.75) is 51.7 Å². The second kappa shape index (κ2) is 4.44. The molecule has 1 heterocycles. The molecule has 3 atom stereocenters. The van der Waals surface area contributed by atoms with Crippen LogP contribution in [0, 0.1) is 11.8 Å². The predicted octanol–water partition coefficient (Wildman–Crippen LogP) is 2.11. The van der Waals surface area contributed by atoms with Gasteiger partial charge in [0.05, 0.1) is 6.42 Å². The number of amides is 1. The van der Waals surface area contributed by atoms with E-state index in [1.807, 2.05) is 20.8 Å². The minimum atomic E-state index is -0.779. The van der Waals surface area contributed by atoms with E-state index in [0.29, 0.717) is 12.5 Å². The lowest BCUT2D eigenvalue weighted by Crippen LogP contribution is -2.41. The Morgan fingerprint density at radius 2 is 2.06 bits per heavy atom. The van der Waals surface area contributed by atoms with Crippen molar-refractivity contribution in [3.05, 3.63) is 0 Å². The van der Waals surface area contributed by atoms with Crippen molar-refractivity contribution in [2.75, 3.05) is 6.54 Å². The molecule has 18 heavy (non-hydrogen) atoms. The van der Waals surface area contributed by atoms with E-state index in [-0.39, 0.29) is 24.5 Å². The fourth-order valence-electron chi connectivity index (χ4n) is 2.93. The molecule has 1 aliphatic heterocycles. The summed E-state index contributed by atoms with van der Waals surface area (Å²) in [5.74, 6) is -0.293. The van der Waals surface area contributed by atoms with Gasteiger partial charge in [-0.3, -0.25) is 4.79 Å². The number of hydrogen-bond donors (Lipinski definition) is 1. The van der Waals surface area contributed by atoms with Crippen molar-refractivity contribution in [3.63, 3.8) is 0 Å². The van der Waals surface area contributed by atoms with Crippen molar-refractivity contribution in [1.29, 1.82) is 0 Å². The first-order valence-corrected chi connectivity index (χ1v) is 6.51. The Hall–Kier alpha value is -1.26. The molecule has 2 fully saturated rings. The predicted molar refractivity (Wildman–Crippen MR) is 65.2 cm³/mol. The molecule has 0 spiro atoms. The van der Waals surface area contributed by atoms with Gasteiger partial charge >= 0.3 is 12.1 Å². The Balaban J connectivity index is 1.97. The van der Waals surface area contributed by atoms with E-state index in [9.17, 15) is 9.59 Å². The van der Waals surface area contributed by atoms with Gasteiger partial charge in [0.15, 0.2) is 0 Å². The molecule has 0 aromatic rings. The first kappa shape index (κ1) is 13.2. The molecular formula is C13H21NO4. The highest BCUT2D eigenvalue weighted by atomic mass is 16.6. The van der Waals surface area contributed by atoms with Crippen molar-refractivity contribution >= 4 is 12.1 Å². The average Bonchev–Trinajstić information content (AvgIpc) is 2.88. The van der Waals surface area contributed by atoms with Gasteiger partial charge < -0.3 is 14.7 Å². The van der Waals surface area contributed by atoms with E-state index in [1.165, 1.54) is 0 Å². The lowest BCUT2D eigenvalue weighted by molar-refractivity contribution is -0.137. The highest BCUT2D eigenvalue weighted by Gasteiger charge is 2.57. The third kappa shape index (κ3) is 2.76. The maximum Gasteiger partial charge on any atom is 0.410 e. The minimum Gasteiger partial charge on any atom is -0.481 e. The maximum atomic E-state index is 12.0. The van der Waals surface area contributed by atoms with Crippen LogP contribution in [0.1, 0.15) is 40.0 Å². The number of nitrogens with zero attached hydrogens (tertiary/aromatic N) is 1. The maximum absolute atomic E-state index is 12.0. The molecule has 5 heteroatoms. The van der Waals surface area contributed by atoms with Crippen molar-refractivity contribution in [1.82, 2.24) is 4.90 Å². The smallest absolute Gasteiger partial charge is 0.410 e. The van der Waals surface area contributed by atoms with Crippen LogP contribution < -0.4 is 0 Å². The largest absolute Gasteiger partial charge is 0.481 e. The van der Waals surface area contributed by atoms with Gasteiger partial charge in [0.1, 0.15) is 5.60 Å². The first-order chi connectivity index (χ1) is 8.29. The number of rotatable bonds is 2. The van der Waals surface area contributed by atoms with E-state index >= 15 is 0 Å². The molecule has 0 bridgehead atoms. The molecular weight excluding hydrogens is 234 g/mol. The molecule has 1 N–H and O–H groups in total. The van der Waals surface area contributed by atoms with Crippen LogP contribution in [0.4, 0.5) is 4.79 Å². The van der Waals surface area contributed by atoms with Gasteiger partial charge in [-0.1, -0.05) is 0 Å². The summed E-state index contributed by atoms with van der Waals surface area (Å²) >= 11 is 0. The normalized spacial score (nSPS) is 30.6. The van der Waals surface area contributed by atoms with Crippen molar-refractivity contribution < 1.29 is 19.4 Å². The molecule has 2 aliphatic rings.